The number of carbonyl (C=O) groups excluding carboxylic acids is 2. The van der Waals surface area contributed by atoms with Crippen molar-refractivity contribution in [2.75, 3.05) is 39.6 Å². The summed E-state index contributed by atoms with van der Waals surface area (Å²) < 4.78 is 16.3. The molecular formula is C27H26ClN3O5. The smallest absolute Gasteiger partial charge is 0.409 e. The third-order valence-electron chi connectivity index (χ3n) is 6.95. The summed E-state index contributed by atoms with van der Waals surface area (Å²) in [5, 5.41) is 1.33. The van der Waals surface area contributed by atoms with Gasteiger partial charge < -0.3 is 24.0 Å². The Labute approximate surface area is 213 Å². The summed E-state index contributed by atoms with van der Waals surface area (Å²) in [5.74, 6) is 2.00. The molecule has 0 spiro atoms. The molecule has 0 N–H and O–H groups in total. The van der Waals surface area contributed by atoms with Crippen LogP contribution < -0.4 is 9.47 Å². The molecule has 1 saturated heterocycles. The van der Waals surface area contributed by atoms with E-state index in [4.69, 9.17) is 30.8 Å². The Morgan fingerprint density at radius 1 is 0.972 bits per heavy atom. The first-order chi connectivity index (χ1) is 17.5. The summed E-state index contributed by atoms with van der Waals surface area (Å²) in [7, 11) is 0. The second kappa shape index (κ2) is 9.50. The largest absolute Gasteiger partial charge is 0.454 e. The summed E-state index contributed by atoms with van der Waals surface area (Å²) in [4.78, 5) is 33.8. The van der Waals surface area contributed by atoms with Gasteiger partial charge in [0.25, 0.3) is 5.91 Å². The number of pyridine rings is 1. The number of halogens is 1. The number of fused-ring (bicyclic) bond motifs is 2. The van der Waals surface area contributed by atoms with Crippen molar-refractivity contribution in [3.8, 4) is 22.8 Å². The van der Waals surface area contributed by atoms with Gasteiger partial charge in [0.15, 0.2) is 11.5 Å². The van der Waals surface area contributed by atoms with Gasteiger partial charge in [-0.15, -0.1) is 0 Å². The van der Waals surface area contributed by atoms with Gasteiger partial charge in [-0.2, -0.15) is 0 Å². The fourth-order valence-corrected chi connectivity index (χ4v) is 4.87. The molecule has 1 aromatic heterocycles. The van der Waals surface area contributed by atoms with Crippen LogP contribution in [0.4, 0.5) is 4.79 Å². The number of nitrogens with zero attached hydrogens (tertiary/aromatic N) is 3. The molecule has 8 nitrogen and oxygen atoms in total. The van der Waals surface area contributed by atoms with E-state index >= 15 is 0 Å². The highest BCUT2D eigenvalue weighted by molar-refractivity contribution is 6.35. The Morgan fingerprint density at radius 3 is 2.56 bits per heavy atom. The van der Waals surface area contributed by atoms with Crippen LogP contribution >= 0.6 is 11.6 Å². The van der Waals surface area contributed by atoms with Crippen LogP contribution in [0.5, 0.6) is 11.5 Å². The van der Waals surface area contributed by atoms with Crippen LogP contribution in [0, 0.1) is 5.92 Å². The zero-order valence-corrected chi connectivity index (χ0v) is 20.5. The molecule has 2 fully saturated rings. The molecule has 0 atom stereocenters. The van der Waals surface area contributed by atoms with Gasteiger partial charge >= 0.3 is 6.09 Å². The predicted molar refractivity (Wildman–Crippen MR) is 134 cm³/mol. The summed E-state index contributed by atoms with van der Waals surface area (Å²) in [6.07, 6.45) is 3.15. The molecule has 36 heavy (non-hydrogen) atoms. The van der Waals surface area contributed by atoms with E-state index in [0.717, 1.165) is 23.3 Å². The number of aromatic nitrogens is 1. The van der Waals surface area contributed by atoms with Gasteiger partial charge in [0.2, 0.25) is 6.79 Å². The number of ether oxygens (including phenoxy) is 3. The molecule has 3 aromatic rings. The zero-order valence-electron chi connectivity index (χ0n) is 19.7. The molecule has 0 unspecified atom stereocenters. The lowest BCUT2D eigenvalue weighted by Gasteiger charge is -2.34. The summed E-state index contributed by atoms with van der Waals surface area (Å²) in [6, 6.07) is 12.8. The number of rotatable bonds is 5. The number of carbonyl (C=O) groups is 2. The maximum Gasteiger partial charge on any atom is 0.409 e. The molecule has 1 aliphatic carbocycles. The van der Waals surface area contributed by atoms with Gasteiger partial charge in [0, 0.05) is 42.7 Å². The van der Waals surface area contributed by atoms with Crippen LogP contribution in [0.1, 0.15) is 29.6 Å². The Kier molecular flexibility index (Phi) is 6.05. The highest BCUT2D eigenvalue weighted by Gasteiger charge is 2.27. The van der Waals surface area contributed by atoms with E-state index in [1.165, 1.54) is 12.8 Å². The van der Waals surface area contributed by atoms with Gasteiger partial charge in [-0.05, 0) is 48.7 Å². The number of hydrogen-bond acceptors (Lipinski definition) is 6. The predicted octanol–water partition coefficient (Wildman–Crippen LogP) is 4.98. The van der Waals surface area contributed by atoms with Crippen molar-refractivity contribution >= 4 is 34.5 Å². The van der Waals surface area contributed by atoms with E-state index in [-0.39, 0.29) is 18.8 Å². The van der Waals surface area contributed by atoms with E-state index in [0.29, 0.717) is 66.1 Å². The molecule has 0 bridgehead atoms. The lowest BCUT2D eigenvalue weighted by atomic mass is 10.1. The van der Waals surface area contributed by atoms with Crippen molar-refractivity contribution in [1.82, 2.24) is 14.8 Å². The first-order valence-electron chi connectivity index (χ1n) is 12.3. The third kappa shape index (κ3) is 4.65. The summed E-state index contributed by atoms with van der Waals surface area (Å²) in [5.41, 5.74) is 2.71. The van der Waals surface area contributed by atoms with Gasteiger partial charge in [-0.3, -0.25) is 4.79 Å². The maximum absolute atomic E-state index is 13.2. The third-order valence-corrected chi connectivity index (χ3v) is 7.26. The Morgan fingerprint density at radius 2 is 1.75 bits per heavy atom. The minimum Gasteiger partial charge on any atom is -0.454 e. The zero-order chi connectivity index (χ0) is 24.6. The highest BCUT2D eigenvalue weighted by Crippen LogP contribution is 2.37. The van der Waals surface area contributed by atoms with E-state index in [9.17, 15) is 9.59 Å². The van der Waals surface area contributed by atoms with Crippen molar-refractivity contribution in [3.05, 3.63) is 53.1 Å². The van der Waals surface area contributed by atoms with Crippen molar-refractivity contribution < 1.29 is 23.8 Å². The lowest BCUT2D eigenvalue weighted by Crippen LogP contribution is -2.50. The molecule has 3 aliphatic rings. The van der Waals surface area contributed by atoms with Crippen LogP contribution in [0.15, 0.2) is 42.5 Å². The lowest BCUT2D eigenvalue weighted by molar-refractivity contribution is 0.0555. The van der Waals surface area contributed by atoms with Gasteiger partial charge in [-0.1, -0.05) is 30.5 Å². The fraction of sp³-hybridized carbons (Fsp3) is 0.370. The van der Waals surface area contributed by atoms with Crippen molar-refractivity contribution in [1.29, 1.82) is 0 Å². The van der Waals surface area contributed by atoms with Gasteiger partial charge in [-0.25, -0.2) is 9.78 Å². The molecule has 9 heteroatoms. The Bertz CT molecular complexity index is 1330. The van der Waals surface area contributed by atoms with Gasteiger partial charge in [0.05, 0.1) is 22.8 Å². The standard InChI is InChI=1S/C27H26ClN3O5/c28-21-15-22(18-4-6-24-25(14-18)36-16-35-24)29-23-13-19(3-5-20(21)23)26(32)30-8-10-31(11-9-30)27(33)34-12-7-17-1-2-17/h3-6,13-15,17H,1-2,7-12,16H2. The average Bonchev–Trinajstić information content (AvgIpc) is 3.61. The van der Waals surface area contributed by atoms with E-state index in [1.807, 2.05) is 30.3 Å². The summed E-state index contributed by atoms with van der Waals surface area (Å²) in [6.45, 7) is 2.51. The number of piperazine rings is 1. The van der Waals surface area contributed by atoms with Crippen LogP contribution in [0.25, 0.3) is 22.2 Å². The van der Waals surface area contributed by atoms with E-state index < -0.39 is 0 Å². The number of amides is 2. The first kappa shape index (κ1) is 22.9. The number of hydrogen-bond donors (Lipinski definition) is 0. The molecule has 1 saturated carbocycles. The monoisotopic (exact) mass is 507 g/mol. The Balaban J connectivity index is 1.15. The normalized spacial score (nSPS) is 16.9. The maximum atomic E-state index is 13.2. The van der Waals surface area contributed by atoms with Crippen LogP contribution in [0.3, 0.4) is 0 Å². The first-order valence-corrected chi connectivity index (χ1v) is 12.6. The fourth-order valence-electron chi connectivity index (χ4n) is 4.61. The highest BCUT2D eigenvalue weighted by atomic mass is 35.5. The van der Waals surface area contributed by atoms with E-state index in [2.05, 4.69) is 0 Å². The van der Waals surface area contributed by atoms with Crippen LogP contribution in [-0.2, 0) is 4.74 Å². The average molecular weight is 508 g/mol. The molecule has 6 rings (SSSR count). The second-order valence-electron chi connectivity index (χ2n) is 9.41. The minimum absolute atomic E-state index is 0.0925. The molecule has 0 radical (unpaired) electrons. The van der Waals surface area contributed by atoms with Crippen molar-refractivity contribution in [3.63, 3.8) is 0 Å². The molecule has 2 aliphatic heterocycles. The van der Waals surface area contributed by atoms with Crippen LogP contribution in [-0.4, -0.2) is 66.4 Å². The number of benzene rings is 2. The minimum atomic E-state index is -0.289. The quantitative estimate of drug-likeness (QED) is 0.484. The van der Waals surface area contributed by atoms with Crippen molar-refractivity contribution in [2.24, 2.45) is 5.92 Å². The molecule has 3 heterocycles. The van der Waals surface area contributed by atoms with Crippen LogP contribution in [0.2, 0.25) is 5.02 Å². The molecule has 2 aromatic carbocycles. The topological polar surface area (TPSA) is 81.2 Å². The molecule has 186 valence electrons. The SMILES string of the molecule is O=C(OCCC1CC1)N1CCN(C(=O)c2ccc3c(Cl)cc(-c4ccc5c(c4)OCO5)nc3c2)CC1. The molecular weight excluding hydrogens is 482 g/mol. The summed E-state index contributed by atoms with van der Waals surface area (Å²) >= 11 is 6.57. The second-order valence-corrected chi connectivity index (χ2v) is 9.82. The van der Waals surface area contributed by atoms with E-state index in [1.54, 1.807) is 21.9 Å². The Hall–Kier alpha value is -3.52. The van der Waals surface area contributed by atoms with Crippen molar-refractivity contribution in [2.45, 2.75) is 19.3 Å². The molecule has 2 amide bonds. The van der Waals surface area contributed by atoms with Gasteiger partial charge in [0.1, 0.15) is 0 Å².